The molecular formula is C18H18O6S. The zero-order valence-electron chi connectivity index (χ0n) is 13.9. The van der Waals surface area contributed by atoms with Crippen LogP contribution in [0.25, 0.3) is 0 Å². The van der Waals surface area contributed by atoms with Crippen molar-refractivity contribution in [1.29, 1.82) is 0 Å². The highest BCUT2D eigenvalue weighted by molar-refractivity contribution is 7.86. The Balaban J connectivity index is 1.77. The van der Waals surface area contributed by atoms with Crippen molar-refractivity contribution in [2.75, 3.05) is 13.2 Å². The van der Waals surface area contributed by atoms with Gasteiger partial charge in [-0.05, 0) is 38.1 Å². The van der Waals surface area contributed by atoms with Crippen molar-refractivity contribution < 1.29 is 26.9 Å². The Hall–Kier alpha value is -2.38. The van der Waals surface area contributed by atoms with Gasteiger partial charge in [0, 0.05) is 0 Å². The largest absolute Gasteiger partial charge is 0.485 e. The van der Waals surface area contributed by atoms with E-state index in [9.17, 15) is 13.2 Å². The van der Waals surface area contributed by atoms with Crippen LogP contribution in [0.2, 0.25) is 0 Å². The van der Waals surface area contributed by atoms with E-state index in [4.69, 9.17) is 13.7 Å². The number of ether oxygens (including phenoxy) is 2. The molecule has 0 spiro atoms. The lowest BCUT2D eigenvalue weighted by Crippen LogP contribution is -2.46. The predicted molar refractivity (Wildman–Crippen MR) is 90.7 cm³/mol. The first-order valence-corrected chi connectivity index (χ1v) is 9.10. The second-order valence-electron chi connectivity index (χ2n) is 6.16. The lowest BCUT2D eigenvalue weighted by atomic mass is 10.1. The Labute approximate surface area is 146 Å². The van der Waals surface area contributed by atoms with Gasteiger partial charge in [0.05, 0.1) is 10.5 Å². The number of hydrogen-bond acceptors (Lipinski definition) is 6. The summed E-state index contributed by atoms with van der Waals surface area (Å²) in [6, 6.07) is 11.4. The molecule has 0 bridgehead atoms. The minimum atomic E-state index is -3.91. The van der Waals surface area contributed by atoms with Gasteiger partial charge in [0.25, 0.3) is 10.1 Å². The van der Waals surface area contributed by atoms with Crippen molar-refractivity contribution in [3.05, 3.63) is 53.6 Å². The first kappa shape index (κ1) is 17.4. The Morgan fingerprint density at radius 1 is 1.20 bits per heavy atom. The van der Waals surface area contributed by atoms with Crippen LogP contribution in [0.15, 0.2) is 47.4 Å². The summed E-state index contributed by atoms with van der Waals surface area (Å²) in [4.78, 5) is 11.2. The zero-order valence-corrected chi connectivity index (χ0v) is 14.7. The molecule has 25 heavy (non-hydrogen) atoms. The smallest absolute Gasteiger partial charge is 0.297 e. The van der Waals surface area contributed by atoms with E-state index in [2.05, 4.69) is 0 Å². The van der Waals surface area contributed by atoms with Gasteiger partial charge >= 0.3 is 0 Å². The molecule has 0 radical (unpaired) electrons. The molecular weight excluding hydrogens is 344 g/mol. The van der Waals surface area contributed by atoms with Gasteiger partial charge in [0.2, 0.25) is 0 Å². The minimum absolute atomic E-state index is 0.0763. The summed E-state index contributed by atoms with van der Waals surface area (Å²) in [7, 11) is -3.91. The molecule has 1 aliphatic rings. The highest BCUT2D eigenvalue weighted by Gasteiger charge is 2.36. The molecule has 0 fully saturated rings. The number of hydrogen-bond donors (Lipinski definition) is 0. The van der Waals surface area contributed by atoms with Crippen molar-refractivity contribution in [2.45, 2.75) is 24.3 Å². The fraction of sp³-hybridized carbons (Fsp3) is 0.278. The standard InChI is InChI=1S/C18H18O6S/c1-13-6-8-15(9-7-13)25(20,21)23-12-18(2)11-22-16-5-3-4-14(10-19)17(16)24-18/h3-10H,11-12H2,1-2H3/t18-/m1/s1. The van der Waals surface area contributed by atoms with Crippen molar-refractivity contribution >= 4 is 16.4 Å². The Morgan fingerprint density at radius 3 is 2.60 bits per heavy atom. The van der Waals surface area contributed by atoms with Gasteiger partial charge in [0.1, 0.15) is 13.2 Å². The van der Waals surface area contributed by atoms with Crippen molar-refractivity contribution in [3.63, 3.8) is 0 Å². The van der Waals surface area contributed by atoms with Gasteiger partial charge < -0.3 is 9.47 Å². The average Bonchev–Trinajstić information content (AvgIpc) is 2.60. The fourth-order valence-electron chi connectivity index (χ4n) is 2.40. The van der Waals surface area contributed by atoms with E-state index in [1.807, 2.05) is 6.92 Å². The van der Waals surface area contributed by atoms with Crippen LogP contribution < -0.4 is 9.47 Å². The number of aryl methyl sites for hydroxylation is 1. The number of aldehydes is 1. The molecule has 0 saturated carbocycles. The molecule has 2 aromatic rings. The average molecular weight is 362 g/mol. The molecule has 7 heteroatoms. The molecule has 2 aromatic carbocycles. The number of para-hydroxylation sites is 1. The Kier molecular flexibility index (Phi) is 4.53. The number of carbonyl (C=O) groups excluding carboxylic acids is 1. The van der Waals surface area contributed by atoms with E-state index < -0.39 is 15.7 Å². The molecule has 0 saturated heterocycles. The van der Waals surface area contributed by atoms with E-state index >= 15 is 0 Å². The monoisotopic (exact) mass is 362 g/mol. The van der Waals surface area contributed by atoms with E-state index in [1.165, 1.54) is 12.1 Å². The summed E-state index contributed by atoms with van der Waals surface area (Å²) < 4.78 is 41.3. The maximum absolute atomic E-state index is 12.3. The maximum atomic E-state index is 12.3. The fourth-order valence-corrected chi connectivity index (χ4v) is 3.41. The summed E-state index contributed by atoms with van der Waals surface area (Å²) in [5.74, 6) is 0.742. The molecule has 0 amide bonds. The summed E-state index contributed by atoms with van der Waals surface area (Å²) in [5, 5.41) is 0. The van der Waals surface area contributed by atoms with Gasteiger partial charge in [0.15, 0.2) is 23.4 Å². The van der Waals surface area contributed by atoms with Crippen molar-refractivity contribution in [3.8, 4) is 11.5 Å². The first-order valence-electron chi connectivity index (χ1n) is 7.69. The summed E-state index contributed by atoms with van der Waals surface area (Å²) in [5.41, 5.74) is 0.252. The van der Waals surface area contributed by atoms with E-state index in [0.29, 0.717) is 23.3 Å². The first-order chi connectivity index (χ1) is 11.8. The molecule has 6 nitrogen and oxygen atoms in total. The van der Waals surface area contributed by atoms with E-state index in [1.54, 1.807) is 37.3 Å². The third kappa shape index (κ3) is 3.67. The van der Waals surface area contributed by atoms with Gasteiger partial charge in [-0.15, -0.1) is 0 Å². The molecule has 1 aliphatic heterocycles. The van der Waals surface area contributed by atoms with Crippen LogP contribution in [0.5, 0.6) is 11.5 Å². The molecule has 1 atom stereocenters. The summed E-state index contributed by atoms with van der Waals surface area (Å²) in [6.45, 7) is 3.40. The summed E-state index contributed by atoms with van der Waals surface area (Å²) in [6.07, 6.45) is 0.665. The van der Waals surface area contributed by atoms with Crippen LogP contribution in [0.1, 0.15) is 22.8 Å². The number of carbonyl (C=O) groups is 1. The lowest BCUT2D eigenvalue weighted by molar-refractivity contribution is -0.0253. The molecule has 0 aliphatic carbocycles. The quantitative estimate of drug-likeness (QED) is 0.601. The van der Waals surface area contributed by atoms with Gasteiger partial charge in [-0.1, -0.05) is 23.8 Å². The molecule has 132 valence electrons. The zero-order chi connectivity index (χ0) is 18.1. The van der Waals surface area contributed by atoms with Crippen LogP contribution in [0.3, 0.4) is 0 Å². The molecule has 0 aromatic heterocycles. The van der Waals surface area contributed by atoms with Crippen LogP contribution in [-0.4, -0.2) is 33.5 Å². The number of rotatable bonds is 5. The predicted octanol–water partition coefficient (Wildman–Crippen LogP) is 2.74. The third-order valence-electron chi connectivity index (χ3n) is 3.85. The van der Waals surface area contributed by atoms with E-state index in [0.717, 1.165) is 5.56 Å². The van der Waals surface area contributed by atoms with Crippen LogP contribution in [-0.2, 0) is 14.3 Å². The summed E-state index contributed by atoms with van der Waals surface area (Å²) >= 11 is 0. The van der Waals surface area contributed by atoms with Crippen LogP contribution in [0, 0.1) is 6.92 Å². The van der Waals surface area contributed by atoms with Crippen LogP contribution in [0.4, 0.5) is 0 Å². The highest BCUT2D eigenvalue weighted by Crippen LogP contribution is 2.37. The lowest BCUT2D eigenvalue weighted by Gasteiger charge is -2.35. The number of fused-ring (bicyclic) bond motifs is 1. The van der Waals surface area contributed by atoms with Crippen molar-refractivity contribution in [2.24, 2.45) is 0 Å². The topological polar surface area (TPSA) is 78.9 Å². The van der Waals surface area contributed by atoms with Gasteiger partial charge in [-0.2, -0.15) is 8.42 Å². The van der Waals surface area contributed by atoms with Gasteiger partial charge in [-0.3, -0.25) is 8.98 Å². The normalized spacial score (nSPS) is 19.4. The highest BCUT2D eigenvalue weighted by atomic mass is 32.2. The second kappa shape index (κ2) is 6.50. The van der Waals surface area contributed by atoms with Crippen LogP contribution >= 0.6 is 0 Å². The Bertz CT molecular complexity index is 888. The molecule has 0 unspecified atom stereocenters. The van der Waals surface area contributed by atoms with Crippen molar-refractivity contribution in [1.82, 2.24) is 0 Å². The van der Waals surface area contributed by atoms with E-state index in [-0.39, 0.29) is 18.1 Å². The third-order valence-corrected chi connectivity index (χ3v) is 5.12. The SMILES string of the molecule is Cc1ccc(S(=O)(=O)OC[C@@]2(C)COc3cccc(C=O)c3O2)cc1. The maximum Gasteiger partial charge on any atom is 0.297 e. The Morgan fingerprint density at radius 2 is 1.92 bits per heavy atom. The minimum Gasteiger partial charge on any atom is -0.485 e. The number of benzene rings is 2. The molecule has 0 N–H and O–H groups in total. The van der Waals surface area contributed by atoms with Gasteiger partial charge in [-0.25, -0.2) is 0 Å². The molecule has 3 rings (SSSR count). The molecule has 1 heterocycles. The second-order valence-corrected chi connectivity index (χ2v) is 7.78.